The first-order valence-electron chi connectivity index (χ1n) is 5.83. The van der Waals surface area contributed by atoms with E-state index in [0.29, 0.717) is 35.6 Å². The van der Waals surface area contributed by atoms with Gasteiger partial charge in [-0.2, -0.15) is 8.78 Å². The number of urea groups is 1. The lowest BCUT2D eigenvalue weighted by atomic mass is 10.3. The molecule has 0 aliphatic carbocycles. The molecule has 2 rings (SSSR count). The number of alkyl halides is 2. The molecule has 4 nitrogen and oxygen atoms in total. The summed E-state index contributed by atoms with van der Waals surface area (Å²) in [6.07, 6.45) is 0.803. The van der Waals surface area contributed by atoms with Crippen LogP contribution in [0.15, 0.2) is 29.2 Å². The zero-order chi connectivity index (χ0) is 13.7. The van der Waals surface area contributed by atoms with Gasteiger partial charge in [-0.05, 0) is 30.7 Å². The maximum Gasteiger partial charge on any atom is 0.319 e. The van der Waals surface area contributed by atoms with Crippen LogP contribution >= 0.6 is 11.8 Å². The van der Waals surface area contributed by atoms with Crippen LogP contribution in [0.2, 0.25) is 0 Å². The van der Waals surface area contributed by atoms with Crippen LogP contribution in [0.4, 0.5) is 19.3 Å². The van der Waals surface area contributed by atoms with Gasteiger partial charge in [0.05, 0.1) is 12.6 Å². The van der Waals surface area contributed by atoms with Crippen LogP contribution in [-0.4, -0.2) is 31.0 Å². The van der Waals surface area contributed by atoms with Crippen LogP contribution in [0.3, 0.4) is 0 Å². The second-order valence-electron chi connectivity index (χ2n) is 4.06. The Morgan fingerprint density at radius 1 is 1.37 bits per heavy atom. The molecule has 0 spiro atoms. The summed E-state index contributed by atoms with van der Waals surface area (Å²) in [5.41, 5.74) is 0.565. The molecular formula is C12H14F2N2O2S. The van der Waals surface area contributed by atoms with Crippen molar-refractivity contribution in [1.29, 1.82) is 0 Å². The Labute approximate surface area is 113 Å². The van der Waals surface area contributed by atoms with E-state index in [1.165, 1.54) is 0 Å². The second kappa shape index (κ2) is 6.72. The molecule has 1 unspecified atom stereocenters. The zero-order valence-corrected chi connectivity index (χ0v) is 10.9. The summed E-state index contributed by atoms with van der Waals surface area (Å²) >= 11 is 0.474. The topological polar surface area (TPSA) is 50.4 Å². The first kappa shape index (κ1) is 14.1. The van der Waals surface area contributed by atoms with Crippen molar-refractivity contribution in [3.8, 4) is 0 Å². The summed E-state index contributed by atoms with van der Waals surface area (Å²) in [7, 11) is 0. The molecule has 1 aliphatic heterocycles. The molecule has 0 radical (unpaired) electrons. The lowest BCUT2D eigenvalue weighted by Crippen LogP contribution is -2.38. The summed E-state index contributed by atoms with van der Waals surface area (Å²) in [5.74, 6) is -2.44. The molecule has 2 N–H and O–H groups in total. The number of anilines is 1. The highest BCUT2D eigenvalue weighted by molar-refractivity contribution is 7.99. The van der Waals surface area contributed by atoms with Gasteiger partial charge in [0.15, 0.2) is 0 Å². The minimum atomic E-state index is -2.44. The van der Waals surface area contributed by atoms with Crippen LogP contribution in [0.5, 0.6) is 0 Å². The summed E-state index contributed by atoms with van der Waals surface area (Å²) in [5, 5.41) is 5.42. The molecular weight excluding hydrogens is 274 g/mol. The van der Waals surface area contributed by atoms with Gasteiger partial charge in [0, 0.05) is 17.2 Å². The Kier molecular flexibility index (Phi) is 4.98. The fourth-order valence-electron chi connectivity index (χ4n) is 1.72. The third kappa shape index (κ3) is 4.68. The molecule has 0 aromatic heterocycles. The van der Waals surface area contributed by atoms with E-state index in [4.69, 9.17) is 4.74 Å². The molecule has 19 heavy (non-hydrogen) atoms. The van der Waals surface area contributed by atoms with E-state index in [1.54, 1.807) is 24.3 Å². The highest BCUT2D eigenvalue weighted by Crippen LogP contribution is 2.26. The molecule has 0 bridgehead atoms. The molecule has 1 aromatic rings. The quantitative estimate of drug-likeness (QED) is 0.838. The molecule has 1 aliphatic rings. The van der Waals surface area contributed by atoms with Crippen LogP contribution in [0.1, 0.15) is 6.42 Å². The summed E-state index contributed by atoms with van der Waals surface area (Å²) in [4.78, 5) is 12.1. The number of halogens is 2. The van der Waals surface area contributed by atoms with E-state index in [1.807, 2.05) is 0 Å². The molecule has 1 fully saturated rings. The second-order valence-corrected chi connectivity index (χ2v) is 5.13. The number of carbonyl (C=O) groups excluding carboxylic acids is 1. The lowest BCUT2D eigenvalue weighted by molar-refractivity contribution is 0.189. The minimum absolute atomic E-state index is 0.0358. The number of amides is 2. The molecule has 1 aromatic carbocycles. The van der Waals surface area contributed by atoms with Crippen LogP contribution in [0, 0.1) is 0 Å². The monoisotopic (exact) mass is 288 g/mol. The third-order valence-corrected chi connectivity index (χ3v) is 3.32. The van der Waals surface area contributed by atoms with Gasteiger partial charge in [0.2, 0.25) is 0 Å². The van der Waals surface area contributed by atoms with Crippen LogP contribution in [-0.2, 0) is 4.74 Å². The smallest absolute Gasteiger partial charge is 0.319 e. The number of carbonyl (C=O) groups is 1. The van der Waals surface area contributed by atoms with Crippen molar-refractivity contribution in [2.24, 2.45) is 0 Å². The van der Waals surface area contributed by atoms with Crippen LogP contribution < -0.4 is 10.6 Å². The zero-order valence-electron chi connectivity index (χ0n) is 10.1. The summed E-state index contributed by atoms with van der Waals surface area (Å²) in [6, 6.07) is 6.00. The number of hydrogen-bond acceptors (Lipinski definition) is 3. The van der Waals surface area contributed by atoms with E-state index in [-0.39, 0.29) is 12.1 Å². The van der Waals surface area contributed by atoms with E-state index in [2.05, 4.69) is 10.6 Å². The predicted octanol–water partition coefficient (Wildman–Crippen LogP) is 2.91. The van der Waals surface area contributed by atoms with Gasteiger partial charge in [0.25, 0.3) is 5.76 Å². The number of thioether (sulfide) groups is 1. The largest absolute Gasteiger partial charge is 0.379 e. The van der Waals surface area contributed by atoms with Crippen molar-refractivity contribution in [3.05, 3.63) is 24.3 Å². The minimum Gasteiger partial charge on any atom is -0.379 e. The van der Waals surface area contributed by atoms with Crippen molar-refractivity contribution in [1.82, 2.24) is 5.32 Å². The maximum absolute atomic E-state index is 12.1. The first-order chi connectivity index (χ1) is 9.13. The van der Waals surface area contributed by atoms with E-state index in [9.17, 15) is 13.6 Å². The van der Waals surface area contributed by atoms with Gasteiger partial charge >= 0.3 is 6.03 Å². The fourth-order valence-corrected chi connectivity index (χ4v) is 2.22. The van der Waals surface area contributed by atoms with Crippen molar-refractivity contribution in [3.63, 3.8) is 0 Å². The molecule has 2 amide bonds. The van der Waals surface area contributed by atoms with E-state index >= 15 is 0 Å². The number of ether oxygens (including phenoxy) is 1. The Bertz CT molecular complexity index is 422. The van der Waals surface area contributed by atoms with Gasteiger partial charge in [-0.1, -0.05) is 11.8 Å². The third-order valence-electron chi connectivity index (χ3n) is 2.60. The van der Waals surface area contributed by atoms with Gasteiger partial charge in [-0.25, -0.2) is 4.79 Å². The summed E-state index contributed by atoms with van der Waals surface area (Å²) in [6.45, 7) is 1.18. The highest BCUT2D eigenvalue weighted by Gasteiger charge is 2.17. The SMILES string of the molecule is O=C(Nc1ccc(SC(F)F)cc1)NC1CCOC1. The fraction of sp³-hybridized carbons (Fsp3) is 0.417. The molecule has 1 atom stereocenters. The molecule has 104 valence electrons. The summed E-state index contributed by atoms with van der Waals surface area (Å²) < 4.78 is 29.4. The number of benzene rings is 1. The predicted molar refractivity (Wildman–Crippen MR) is 69.7 cm³/mol. The van der Waals surface area contributed by atoms with Crippen molar-refractivity contribution < 1.29 is 18.3 Å². The maximum atomic E-state index is 12.1. The molecule has 1 saturated heterocycles. The van der Waals surface area contributed by atoms with Gasteiger partial charge < -0.3 is 15.4 Å². The molecule has 1 heterocycles. The molecule has 0 saturated carbocycles. The normalized spacial score (nSPS) is 18.6. The van der Waals surface area contributed by atoms with E-state index in [0.717, 1.165) is 6.42 Å². The van der Waals surface area contributed by atoms with E-state index < -0.39 is 5.76 Å². The lowest BCUT2D eigenvalue weighted by Gasteiger charge is -2.12. The number of rotatable bonds is 4. The molecule has 7 heteroatoms. The van der Waals surface area contributed by atoms with Gasteiger partial charge in [-0.3, -0.25) is 0 Å². The Morgan fingerprint density at radius 3 is 2.68 bits per heavy atom. The van der Waals surface area contributed by atoms with Gasteiger partial charge in [-0.15, -0.1) is 0 Å². The van der Waals surface area contributed by atoms with Crippen LogP contribution in [0.25, 0.3) is 0 Å². The first-order valence-corrected chi connectivity index (χ1v) is 6.71. The Morgan fingerprint density at radius 2 is 2.11 bits per heavy atom. The average molecular weight is 288 g/mol. The van der Waals surface area contributed by atoms with Crippen molar-refractivity contribution >= 4 is 23.5 Å². The van der Waals surface area contributed by atoms with Crippen molar-refractivity contribution in [2.75, 3.05) is 18.5 Å². The Hall–Kier alpha value is -1.34. The number of hydrogen-bond donors (Lipinski definition) is 2. The highest BCUT2D eigenvalue weighted by atomic mass is 32.2. The average Bonchev–Trinajstić information content (AvgIpc) is 2.83. The Balaban J connectivity index is 1.82. The van der Waals surface area contributed by atoms with Crippen molar-refractivity contribution in [2.45, 2.75) is 23.1 Å². The standard InChI is InChI=1S/C12H14F2N2O2S/c13-11(14)19-10-3-1-8(2-4-10)15-12(17)16-9-5-6-18-7-9/h1-4,9,11H,5-7H2,(H2,15,16,17). The van der Waals surface area contributed by atoms with Gasteiger partial charge in [0.1, 0.15) is 0 Å². The number of nitrogens with one attached hydrogen (secondary N) is 2.